The molecule has 1 unspecified atom stereocenters. The van der Waals surface area contributed by atoms with Crippen molar-refractivity contribution in [2.45, 2.75) is 6.17 Å². The zero-order valence-electron chi connectivity index (χ0n) is 33.7. The summed E-state index contributed by atoms with van der Waals surface area (Å²) in [5.41, 5.74) is 9.82. The Morgan fingerprint density at radius 3 is 2.06 bits per heavy atom. The molecule has 12 rings (SSSR count). The van der Waals surface area contributed by atoms with E-state index in [2.05, 4.69) is 199 Å². The number of nitrogens with zero attached hydrogens (tertiary/aromatic N) is 3. The Hall–Kier alpha value is -8.28. The van der Waals surface area contributed by atoms with Crippen LogP contribution in [0.5, 0.6) is 0 Å². The quantitative estimate of drug-likeness (QED) is 0.163. The van der Waals surface area contributed by atoms with Crippen molar-refractivity contribution in [3.8, 4) is 5.69 Å². The van der Waals surface area contributed by atoms with Crippen LogP contribution < -0.4 is 5.32 Å². The fourth-order valence-electron chi connectivity index (χ4n) is 9.46. The standard InChI is InChI=1S/C57H38N4O/c1-3-14-35(4-2)36-25-27-39(28-26-36)55-58-56(45-23-13-19-37-15-7-9-20-42(37)45)60-57(59-55)47-31-32-51-52(46-30-29-38-16-8-10-21-43(38)54(46)62-51)53(47)61-49-24-12-11-22-44(49)48-33-40-17-5-6-18-41(40)34-50(48)61/h3-34,55H,1-2H2,(H,58,59,60)/b35-14+. The molecule has 0 amide bonds. The second-order valence-corrected chi connectivity index (χ2v) is 15.8. The van der Waals surface area contributed by atoms with Crippen LogP contribution in [-0.4, -0.2) is 16.2 Å². The monoisotopic (exact) mass is 794 g/mol. The summed E-state index contributed by atoms with van der Waals surface area (Å²) in [5, 5.41) is 15.1. The van der Waals surface area contributed by atoms with Crippen molar-refractivity contribution in [3.63, 3.8) is 0 Å². The number of para-hydroxylation sites is 1. The lowest BCUT2D eigenvalue weighted by atomic mass is 9.99. The van der Waals surface area contributed by atoms with E-state index in [0.29, 0.717) is 11.7 Å². The van der Waals surface area contributed by atoms with Gasteiger partial charge in [0.25, 0.3) is 0 Å². The Morgan fingerprint density at radius 1 is 0.581 bits per heavy atom. The molecule has 0 aliphatic carbocycles. The Morgan fingerprint density at radius 2 is 1.27 bits per heavy atom. The highest BCUT2D eigenvalue weighted by atomic mass is 16.3. The van der Waals surface area contributed by atoms with Crippen LogP contribution in [0, 0.1) is 0 Å². The summed E-state index contributed by atoms with van der Waals surface area (Å²) in [7, 11) is 0. The predicted molar refractivity (Wildman–Crippen MR) is 261 cm³/mol. The van der Waals surface area contributed by atoms with Crippen molar-refractivity contribution in [1.29, 1.82) is 0 Å². The Kier molecular flexibility index (Phi) is 8.15. The van der Waals surface area contributed by atoms with Crippen molar-refractivity contribution < 1.29 is 4.42 Å². The maximum absolute atomic E-state index is 6.91. The number of aliphatic imine (C=N–C) groups is 2. The molecule has 5 nitrogen and oxygen atoms in total. The second kappa shape index (κ2) is 14.2. The molecule has 0 saturated carbocycles. The van der Waals surface area contributed by atoms with Crippen LogP contribution in [-0.2, 0) is 0 Å². The number of rotatable bonds is 7. The second-order valence-electron chi connectivity index (χ2n) is 15.8. The molecule has 0 spiro atoms. The highest BCUT2D eigenvalue weighted by molar-refractivity contribution is 6.25. The summed E-state index contributed by atoms with van der Waals surface area (Å²) in [6.07, 6.45) is 5.17. The summed E-state index contributed by atoms with van der Waals surface area (Å²) < 4.78 is 9.34. The predicted octanol–water partition coefficient (Wildman–Crippen LogP) is 14.4. The van der Waals surface area contributed by atoms with E-state index in [1.54, 1.807) is 6.08 Å². The topological polar surface area (TPSA) is 54.8 Å². The average Bonchev–Trinajstić information content (AvgIpc) is 3.87. The molecular formula is C57H38N4O. The lowest BCUT2D eigenvalue weighted by Crippen LogP contribution is -2.34. The minimum absolute atomic E-state index is 0.447. The first-order valence-corrected chi connectivity index (χ1v) is 20.9. The maximum atomic E-state index is 6.91. The van der Waals surface area contributed by atoms with E-state index in [9.17, 15) is 0 Å². The van der Waals surface area contributed by atoms with Crippen molar-refractivity contribution in [2.75, 3.05) is 0 Å². The number of fused-ring (bicyclic) bond motifs is 10. The van der Waals surface area contributed by atoms with E-state index in [1.807, 2.05) is 12.2 Å². The van der Waals surface area contributed by atoms with Gasteiger partial charge in [-0.25, -0.2) is 9.98 Å². The van der Waals surface area contributed by atoms with Crippen LogP contribution in [0.1, 0.15) is 28.4 Å². The third-order valence-corrected chi connectivity index (χ3v) is 12.4. The molecule has 62 heavy (non-hydrogen) atoms. The van der Waals surface area contributed by atoms with E-state index in [0.717, 1.165) is 88.0 Å². The van der Waals surface area contributed by atoms with Crippen molar-refractivity contribution >= 4 is 93.3 Å². The molecule has 0 bridgehead atoms. The van der Waals surface area contributed by atoms with E-state index < -0.39 is 6.17 Å². The number of furan rings is 1. The number of hydrogen-bond acceptors (Lipinski definition) is 4. The SMILES string of the molecule is C=C/C=C(\C=C)c1ccc(C2N=C(c3cccc4ccccc34)N=C(c3ccc4oc5c6ccccc6ccc5c4c3-n3c4ccccc4c4cc5ccccc5cc43)N2)cc1. The van der Waals surface area contributed by atoms with Crippen molar-refractivity contribution in [2.24, 2.45) is 9.98 Å². The van der Waals surface area contributed by atoms with Gasteiger partial charge in [0.1, 0.15) is 23.2 Å². The molecule has 1 aliphatic rings. The van der Waals surface area contributed by atoms with Gasteiger partial charge in [0.15, 0.2) is 5.84 Å². The molecule has 1 N–H and O–H groups in total. The summed E-state index contributed by atoms with van der Waals surface area (Å²) in [4.78, 5) is 10.9. The van der Waals surface area contributed by atoms with Gasteiger partial charge in [-0.15, -0.1) is 0 Å². The number of hydrogen-bond donors (Lipinski definition) is 1. The molecule has 292 valence electrons. The first kappa shape index (κ1) is 35.6. The van der Waals surface area contributed by atoms with E-state index in [-0.39, 0.29) is 0 Å². The van der Waals surface area contributed by atoms with Crippen LogP contribution >= 0.6 is 0 Å². The minimum atomic E-state index is -0.447. The molecule has 1 atom stereocenters. The van der Waals surface area contributed by atoms with Gasteiger partial charge in [0, 0.05) is 32.7 Å². The molecule has 0 radical (unpaired) electrons. The highest BCUT2D eigenvalue weighted by Gasteiger charge is 2.28. The van der Waals surface area contributed by atoms with Crippen LogP contribution in [0.15, 0.2) is 222 Å². The minimum Gasteiger partial charge on any atom is -0.455 e. The van der Waals surface area contributed by atoms with Gasteiger partial charge in [-0.05, 0) is 80.0 Å². The molecule has 0 fully saturated rings. The average molecular weight is 795 g/mol. The zero-order chi connectivity index (χ0) is 41.3. The summed E-state index contributed by atoms with van der Waals surface area (Å²) in [6.45, 7) is 7.94. The molecule has 5 heteroatoms. The summed E-state index contributed by atoms with van der Waals surface area (Å²) in [6, 6.07) is 62.4. The van der Waals surface area contributed by atoms with Gasteiger partial charge in [-0.2, -0.15) is 0 Å². The number of aromatic nitrogens is 1. The molecule has 11 aromatic rings. The van der Waals surface area contributed by atoms with Gasteiger partial charge in [-0.1, -0.05) is 171 Å². The fraction of sp³-hybridized carbons (Fsp3) is 0.0175. The smallest absolute Gasteiger partial charge is 0.160 e. The van der Waals surface area contributed by atoms with Gasteiger partial charge >= 0.3 is 0 Å². The molecule has 0 saturated heterocycles. The molecular weight excluding hydrogens is 757 g/mol. The largest absolute Gasteiger partial charge is 0.455 e. The first-order valence-electron chi connectivity index (χ1n) is 20.9. The third kappa shape index (κ3) is 5.56. The third-order valence-electron chi connectivity index (χ3n) is 12.4. The van der Waals surface area contributed by atoms with Gasteiger partial charge in [0.05, 0.1) is 22.1 Å². The van der Waals surface area contributed by atoms with Gasteiger partial charge in [-0.3, -0.25) is 0 Å². The molecule has 1 aliphatic heterocycles. The van der Waals surface area contributed by atoms with E-state index in [4.69, 9.17) is 14.4 Å². The van der Waals surface area contributed by atoms with E-state index in [1.165, 1.54) is 21.5 Å². The number of benzene rings is 9. The van der Waals surface area contributed by atoms with Crippen LogP contribution in [0.3, 0.4) is 0 Å². The Bertz CT molecular complexity index is 3760. The lowest BCUT2D eigenvalue weighted by Gasteiger charge is -2.26. The molecule has 3 heterocycles. The van der Waals surface area contributed by atoms with Crippen LogP contribution in [0.25, 0.3) is 87.3 Å². The number of amidine groups is 2. The molecule has 2 aromatic heterocycles. The van der Waals surface area contributed by atoms with Crippen LogP contribution in [0.2, 0.25) is 0 Å². The first-order chi connectivity index (χ1) is 30.6. The van der Waals surface area contributed by atoms with E-state index >= 15 is 0 Å². The number of allylic oxidation sites excluding steroid dienone is 4. The maximum Gasteiger partial charge on any atom is 0.160 e. The lowest BCUT2D eigenvalue weighted by molar-refractivity contribution is 0.671. The van der Waals surface area contributed by atoms with Gasteiger partial charge < -0.3 is 14.3 Å². The zero-order valence-corrected chi connectivity index (χ0v) is 33.7. The Labute approximate surface area is 357 Å². The summed E-state index contributed by atoms with van der Waals surface area (Å²) >= 11 is 0. The van der Waals surface area contributed by atoms with Crippen molar-refractivity contribution in [3.05, 3.63) is 230 Å². The van der Waals surface area contributed by atoms with Crippen molar-refractivity contribution in [1.82, 2.24) is 9.88 Å². The number of nitrogens with one attached hydrogen (secondary N) is 1. The van der Waals surface area contributed by atoms with Crippen LogP contribution in [0.4, 0.5) is 0 Å². The fourth-order valence-corrected chi connectivity index (χ4v) is 9.46. The van der Waals surface area contributed by atoms with Gasteiger partial charge in [0.2, 0.25) is 0 Å². The highest BCUT2D eigenvalue weighted by Crippen LogP contribution is 2.43. The Balaban J connectivity index is 1.17. The molecule has 9 aromatic carbocycles. The normalized spacial score (nSPS) is 14.5. The summed E-state index contributed by atoms with van der Waals surface area (Å²) in [5.74, 6) is 1.37.